The number of amides is 1. The highest BCUT2D eigenvalue weighted by Crippen LogP contribution is 2.26. The number of ether oxygens (including phenoxy) is 1. The Labute approximate surface area is 127 Å². The van der Waals surface area contributed by atoms with E-state index in [0.717, 1.165) is 0 Å². The normalized spacial score (nSPS) is 12.2. The van der Waals surface area contributed by atoms with Gasteiger partial charge in [0.2, 0.25) is 5.91 Å². The first-order chi connectivity index (χ1) is 9.28. The summed E-state index contributed by atoms with van der Waals surface area (Å²) in [6.45, 7) is 1.75. The molecule has 1 rings (SSSR count). The minimum absolute atomic E-state index is 0. The second kappa shape index (κ2) is 8.74. The summed E-state index contributed by atoms with van der Waals surface area (Å²) >= 11 is 0. The van der Waals surface area contributed by atoms with Crippen LogP contribution < -0.4 is 15.8 Å². The van der Waals surface area contributed by atoms with Crippen molar-refractivity contribution in [1.29, 1.82) is 0 Å². The number of nitrogens with two attached hydrogens (primary N) is 1. The third-order valence-corrected chi connectivity index (χ3v) is 2.50. The minimum Gasteiger partial charge on any atom is -0.405 e. The summed E-state index contributed by atoms with van der Waals surface area (Å²) in [4.78, 5) is 11.5. The third-order valence-electron chi connectivity index (χ3n) is 2.50. The number of alkyl halides is 3. The van der Waals surface area contributed by atoms with Gasteiger partial charge in [-0.2, -0.15) is 0 Å². The van der Waals surface area contributed by atoms with E-state index < -0.39 is 6.36 Å². The summed E-state index contributed by atoms with van der Waals surface area (Å²) in [6, 6.07) is 5.58. The molecule has 21 heavy (non-hydrogen) atoms. The van der Waals surface area contributed by atoms with E-state index >= 15 is 0 Å². The molecule has 0 aliphatic heterocycles. The van der Waals surface area contributed by atoms with E-state index in [1.807, 2.05) is 0 Å². The molecule has 0 fully saturated rings. The maximum Gasteiger partial charge on any atom is 0.573 e. The molecule has 4 nitrogen and oxygen atoms in total. The Balaban J connectivity index is 0.00000400. The van der Waals surface area contributed by atoms with Crippen LogP contribution in [0.25, 0.3) is 0 Å². The third kappa shape index (κ3) is 8.41. The van der Waals surface area contributed by atoms with E-state index in [1.54, 1.807) is 13.0 Å². The van der Waals surface area contributed by atoms with Crippen LogP contribution in [0.3, 0.4) is 0 Å². The van der Waals surface area contributed by atoms with Gasteiger partial charge in [0.1, 0.15) is 5.75 Å². The van der Waals surface area contributed by atoms with Crippen LogP contribution in [0.5, 0.6) is 5.75 Å². The predicted molar refractivity (Wildman–Crippen MR) is 75.1 cm³/mol. The van der Waals surface area contributed by atoms with Crippen molar-refractivity contribution < 1.29 is 22.7 Å². The standard InChI is InChI=1S/C13H17F3N2O2.ClH/c1-9(17)6-7-12(19)18-8-10-4-2-3-5-11(10)20-13(14,15)16;/h2-5,9H,6-8,17H2,1H3,(H,18,19);1H. The van der Waals surface area contributed by atoms with Gasteiger partial charge in [-0.1, -0.05) is 18.2 Å². The molecule has 1 atom stereocenters. The van der Waals surface area contributed by atoms with Gasteiger partial charge >= 0.3 is 6.36 Å². The second-order valence-electron chi connectivity index (χ2n) is 4.45. The lowest BCUT2D eigenvalue weighted by Crippen LogP contribution is -2.26. The zero-order valence-corrected chi connectivity index (χ0v) is 12.3. The molecule has 0 saturated heterocycles. The molecule has 120 valence electrons. The molecule has 0 bridgehead atoms. The largest absolute Gasteiger partial charge is 0.573 e. The van der Waals surface area contributed by atoms with Crippen LogP contribution in [0, 0.1) is 0 Å². The van der Waals surface area contributed by atoms with Crippen LogP contribution >= 0.6 is 12.4 Å². The van der Waals surface area contributed by atoms with Crippen LogP contribution in [0.15, 0.2) is 24.3 Å². The van der Waals surface area contributed by atoms with Gasteiger partial charge < -0.3 is 15.8 Å². The van der Waals surface area contributed by atoms with E-state index in [1.165, 1.54) is 18.2 Å². The van der Waals surface area contributed by atoms with Crippen molar-refractivity contribution in [2.45, 2.75) is 38.7 Å². The van der Waals surface area contributed by atoms with Gasteiger partial charge in [-0.05, 0) is 19.4 Å². The molecule has 0 aliphatic rings. The molecule has 1 unspecified atom stereocenters. The molecule has 1 amide bonds. The van der Waals surface area contributed by atoms with Crippen LogP contribution in [0.1, 0.15) is 25.3 Å². The number of para-hydroxylation sites is 1. The molecule has 0 heterocycles. The van der Waals surface area contributed by atoms with E-state index in [9.17, 15) is 18.0 Å². The van der Waals surface area contributed by atoms with Gasteiger partial charge in [-0.15, -0.1) is 25.6 Å². The first-order valence-corrected chi connectivity index (χ1v) is 6.14. The van der Waals surface area contributed by atoms with Crippen LogP contribution in [0.4, 0.5) is 13.2 Å². The Hall–Kier alpha value is -1.47. The lowest BCUT2D eigenvalue weighted by atomic mass is 10.1. The fraction of sp³-hybridized carbons (Fsp3) is 0.462. The summed E-state index contributed by atoms with van der Waals surface area (Å²) in [6.07, 6.45) is -4.00. The van der Waals surface area contributed by atoms with Crippen molar-refractivity contribution in [3.8, 4) is 5.75 Å². The molecule has 1 aromatic carbocycles. The lowest BCUT2D eigenvalue weighted by molar-refractivity contribution is -0.274. The average molecular weight is 327 g/mol. The molecule has 0 radical (unpaired) electrons. The quantitative estimate of drug-likeness (QED) is 0.845. The van der Waals surface area contributed by atoms with Crippen molar-refractivity contribution in [2.24, 2.45) is 5.73 Å². The van der Waals surface area contributed by atoms with Crippen molar-refractivity contribution in [3.05, 3.63) is 29.8 Å². The molecular weight excluding hydrogens is 309 g/mol. The number of hydrogen-bond acceptors (Lipinski definition) is 3. The first-order valence-electron chi connectivity index (χ1n) is 6.14. The summed E-state index contributed by atoms with van der Waals surface area (Å²) in [7, 11) is 0. The van der Waals surface area contributed by atoms with Crippen molar-refractivity contribution in [3.63, 3.8) is 0 Å². The molecule has 0 spiro atoms. The van der Waals surface area contributed by atoms with Crippen molar-refractivity contribution in [1.82, 2.24) is 5.32 Å². The van der Waals surface area contributed by atoms with Crippen LogP contribution in [0.2, 0.25) is 0 Å². The van der Waals surface area contributed by atoms with Gasteiger partial charge in [0, 0.05) is 24.6 Å². The summed E-state index contributed by atoms with van der Waals surface area (Å²) < 4.78 is 40.5. The number of carbonyl (C=O) groups excluding carboxylic acids is 1. The number of nitrogens with one attached hydrogen (secondary N) is 1. The first kappa shape index (κ1) is 19.5. The molecular formula is C13H18ClF3N2O2. The molecule has 0 saturated carbocycles. The molecule has 1 aromatic rings. The second-order valence-corrected chi connectivity index (χ2v) is 4.45. The summed E-state index contributed by atoms with van der Waals surface area (Å²) in [5, 5.41) is 2.54. The number of carbonyl (C=O) groups is 1. The Bertz CT molecular complexity index is 453. The topological polar surface area (TPSA) is 64.4 Å². The van der Waals surface area contributed by atoms with E-state index in [-0.39, 0.29) is 48.6 Å². The maximum absolute atomic E-state index is 12.2. The van der Waals surface area contributed by atoms with Crippen molar-refractivity contribution >= 4 is 18.3 Å². The maximum atomic E-state index is 12.2. The van der Waals surface area contributed by atoms with E-state index in [0.29, 0.717) is 6.42 Å². The highest BCUT2D eigenvalue weighted by Gasteiger charge is 2.31. The van der Waals surface area contributed by atoms with Gasteiger partial charge in [0.25, 0.3) is 0 Å². The van der Waals surface area contributed by atoms with Crippen molar-refractivity contribution in [2.75, 3.05) is 0 Å². The Morgan fingerprint density at radius 1 is 1.38 bits per heavy atom. The molecule has 8 heteroatoms. The number of benzene rings is 1. The Kier molecular flexibility index (Phi) is 8.12. The highest BCUT2D eigenvalue weighted by atomic mass is 35.5. The van der Waals surface area contributed by atoms with E-state index in [4.69, 9.17) is 5.73 Å². The fourth-order valence-corrected chi connectivity index (χ4v) is 1.52. The average Bonchev–Trinajstić information content (AvgIpc) is 2.33. The number of rotatable bonds is 6. The molecule has 3 N–H and O–H groups in total. The van der Waals surface area contributed by atoms with Gasteiger partial charge in [-0.3, -0.25) is 4.79 Å². The summed E-state index contributed by atoms with van der Waals surface area (Å²) in [5.74, 6) is -0.573. The Morgan fingerprint density at radius 3 is 2.57 bits per heavy atom. The summed E-state index contributed by atoms with van der Waals surface area (Å²) in [5.41, 5.74) is 5.78. The zero-order valence-electron chi connectivity index (χ0n) is 11.4. The van der Waals surface area contributed by atoms with Gasteiger partial charge in [0.15, 0.2) is 0 Å². The van der Waals surface area contributed by atoms with Crippen LogP contribution in [-0.2, 0) is 11.3 Å². The minimum atomic E-state index is -4.75. The Morgan fingerprint density at radius 2 is 2.00 bits per heavy atom. The zero-order chi connectivity index (χ0) is 15.2. The number of halogens is 4. The highest BCUT2D eigenvalue weighted by molar-refractivity contribution is 5.85. The smallest absolute Gasteiger partial charge is 0.405 e. The SMILES string of the molecule is CC(N)CCC(=O)NCc1ccccc1OC(F)(F)F.Cl. The number of hydrogen-bond donors (Lipinski definition) is 2. The van der Waals surface area contributed by atoms with E-state index in [2.05, 4.69) is 10.1 Å². The fourth-order valence-electron chi connectivity index (χ4n) is 1.52. The van der Waals surface area contributed by atoms with Crippen LogP contribution in [-0.4, -0.2) is 18.3 Å². The molecule has 0 aromatic heterocycles. The lowest BCUT2D eigenvalue weighted by Gasteiger charge is -2.13. The van der Waals surface area contributed by atoms with Gasteiger partial charge in [-0.25, -0.2) is 0 Å². The van der Waals surface area contributed by atoms with Gasteiger partial charge in [0.05, 0.1) is 0 Å². The monoisotopic (exact) mass is 326 g/mol. The molecule has 0 aliphatic carbocycles. The predicted octanol–water partition coefficient (Wildman–Crippen LogP) is 2.75.